The Morgan fingerprint density at radius 2 is 1.92 bits per heavy atom. The van der Waals surface area contributed by atoms with E-state index in [1.807, 2.05) is 13.8 Å². The van der Waals surface area contributed by atoms with Crippen LogP contribution in [0.25, 0.3) is 0 Å². The number of ether oxygens (including phenoxy) is 3. The Hall–Kier alpha value is -3.02. The highest BCUT2D eigenvalue weighted by molar-refractivity contribution is 5.95. The fraction of sp³-hybridized carbons (Fsp3) is 0.615. The maximum absolute atomic E-state index is 13.1. The van der Waals surface area contributed by atoms with Gasteiger partial charge in [0.25, 0.3) is 5.91 Å². The first-order valence-corrected chi connectivity index (χ1v) is 12.2. The van der Waals surface area contributed by atoms with Crippen LogP contribution < -0.4 is 15.8 Å². The molecule has 1 aromatic carbocycles. The number of allylic oxidation sites excluding steroid dienone is 1. The van der Waals surface area contributed by atoms with Gasteiger partial charge in [-0.3, -0.25) is 4.79 Å². The van der Waals surface area contributed by atoms with Gasteiger partial charge in [0.05, 0.1) is 24.9 Å². The number of phenolic OH excluding ortho intramolecular Hbond substituents is 1. The second-order valence-electron chi connectivity index (χ2n) is 10.9. The Kier molecular flexibility index (Phi) is 10.2. The van der Waals surface area contributed by atoms with Gasteiger partial charge < -0.3 is 45.5 Å². The number of nitrogens with two attached hydrogens (primary N) is 1. The maximum atomic E-state index is 13.1. The number of hydrogen-bond acceptors (Lipinski definition) is 9. The molecule has 2 unspecified atom stereocenters. The zero-order chi connectivity index (χ0) is 28.0. The van der Waals surface area contributed by atoms with Crippen molar-refractivity contribution < 1.29 is 39.1 Å². The van der Waals surface area contributed by atoms with Crippen molar-refractivity contribution >= 4 is 11.9 Å². The van der Waals surface area contributed by atoms with Crippen LogP contribution in [0.15, 0.2) is 30.1 Å². The highest BCUT2D eigenvalue weighted by atomic mass is 16.7. The Morgan fingerprint density at radius 3 is 2.51 bits per heavy atom. The molecule has 0 aliphatic carbocycles. The lowest BCUT2D eigenvalue weighted by Gasteiger charge is -2.36. The first kappa shape index (κ1) is 30.2. The quantitative estimate of drug-likeness (QED) is 0.274. The fourth-order valence-electron chi connectivity index (χ4n) is 3.67. The van der Waals surface area contributed by atoms with Gasteiger partial charge in [0, 0.05) is 49.3 Å². The van der Waals surface area contributed by atoms with Gasteiger partial charge in [-0.2, -0.15) is 0 Å². The number of likely N-dealkylation sites (N-methyl/N-ethyl adjacent to an activating group) is 1. The number of hydrogen-bond donors (Lipinski definition) is 5. The van der Waals surface area contributed by atoms with Gasteiger partial charge in [-0.1, -0.05) is 13.8 Å². The molecule has 0 bridgehead atoms. The van der Waals surface area contributed by atoms with Crippen LogP contribution in [0.3, 0.4) is 0 Å². The molecular weight excluding hydrogens is 482 g/mol. The van der Waals surface area contributed by atoms with Crippen LogP contribution in [0, 0.1) is 5.41 Å². The van der Waals surface area contributed by atoms with Crippen LogP contribution in [0.5, 0.6) is 11.5 Å². The average molecular weight is 524 g/mol. The molecule has 11 nitrogen and oxygen atoms in total. The SMILES string of the molecule is C/C(N)=C/NCC(C)(C)COCC(C)(C)N(C)C(=O)c1ccc(OC2CC(O)C[C@@H](C(=O)O)O2)c(O)c1. The van der Waals surface area contributed by atoms with E-state index >= 15 is 0 Å². The van der Waals surface area contributed by atoms with Gasteiger partial charge >= 0.3 is 5.97 Å². The predicted molar refractivity (Wildman–Crippen MR) is 137 cm³/mol. The number of aromatic hydroxyl groups is 1. The highest BCUT2D eigenvalue weighted by Gasteiger charge is 2.35. The molecule has 0 saturated carbocycles. The summed E-state index contributed by atoms with van der Waals surface area (Å²) in [5.74, 6) is -1.82. The van der Waals surface area contributed by atoms with Crippen molar-refractivity contribution in [3.63, 3.8) is 0 Å². The Bertz CT molecular complexity index is 975. The number of carboxylic acid groups (broad SMARTS) is 1. The molecule has 0 radical (unpaired) electrons. The molecule has 1 aliphatic rings. The number of amides is 1. The lowest BCUT2D eigenvalue weighted by atomic mass is 9.94. The summed E-state index contributed by atoms with van der Waals surface area (Å²) in [5.41, 5.74) is 5.77. The van der Waals surface area contributed by atoms with Gasteiger partial charge in [-0.25, -0.2) is 4.79 Å². The predicted octanol–water partition coefficient (Wildman–Crippen LogP) is 2.02. The third-order valence-corrected chi connectivity index (χ3v) is 6.08. The highest BCUT2D eigenvalue weighted by Crippen LogP contribution is 2.32. The standard InChI is InChI=1S/C26H41N3O8/c1-16(27)12-28-13-25(2,3)14-35-15-26(4,5)29(6)23(32)17-7-8-20(19(31)9-17)36-22-11-18(30)10-21(37-22)24(33)34/h7-9,12,18,21-22,28,30-31H,10-11,13-15,27H2,1-6H3,(H,33,34)/b16-12-/t18?,21-,22?/m0/s1. The summed E-state index contributed by atoms with van der Waals surface area (Å²) >= 11 is 0. The van der Waals surface area contributed by atoms with Gasteiger partial charge in [-0.15, -0.1) is 0 Å². The first-order chi connectivity index (χ1) is 17.1. The number of aliphatic hydroxyl groups excluding tert-OH is 1. The number of carbonyl (C=O) groups excluding carboxylic acids is 1. The van der Waals surface area contributed by atoms with Crippen molar-refractivity contribution in [2.24, 2.45) is 11.1 Å². The number of aliphatic carboxylic acids is 1. The summed E-state index contributed by atoms with van der Waals surface area (Å²) in [4.78, 5) is 25.9. The molecule has 1 saturated heterocycles. The molecule has 6 N–H and O–H groups in total. The number of nitrogens with one attached hydrogen (secondary N) is 1. The van der Waals surface area contributed by atoms with E-state index in [1.54, 1.807) is 25.1 Å². The second kappa shape index (κ2) is 12.5. The molecule has 1 aliphatic heterocycles. The lowest BCUT2D eigenvalue weighted by molar-refractivity contribution is -0.195. The van der Waals surface area contributed by atoms with E-state index in [0.29, 0.717) is 25.5 Å². The number of carbonyl (C=O) groups is 2. The number of nitrogens with zero attached hydrogens (tertiary/aromatic N) is 1. The number of phenols is 1. The van der Waals surface area contributed by atoms with E-state index in [1.165, 1.54) is 18.2 Å². The van der Waals surface area contributed by atoms with Crippen LogP contribution >= 0.6 is 0 Å². The number of aliphatic hydroxyl groups is 1. The van der Waals surface area contributed by atoms with Crippen molar-refractivity contribution in [1.82, 2.24) is 10.2 Å². The molecule has 1 aromatic rings. The molecule has 37 heavy (non-hydrogen) atoms. The monoisotopic (exact) mass is 523 g/mol. The van der Waals surface area contributed by atoms with Gasteiger partial charge in [0.2, 0.25) is 6.29 Å². The second-order valence-corrected chi connectivity index (χ2v) is 10.9. The van der Waals surface area contributed by atoms with E-state index in [4.69, 9.17) is 25.1 Å². The third-order valence-electron chi connectivity index (χ3n) is 6.08. The zero-order valence-electron chi connectivity index (χ0n) is 22.5. The topological polar surface area (TPSA) is 164 Å². The van der Waals surface area contributed by atoms with Gasteiger partial charge in [0.15, 0.2) is 17.6 Å². The molecule has 0 spiro atoms. The number of benzene rings is 1. The van der Waals surface area contributed by atoms with Crippen LogP contribution in [0.1, 0.15) is 57.8 Å². The molecule has 3 atom stereocenters. The van der Waals surface area contributed by atoms with E-state index in [0.717, 1.165) is 0 Å². The van der Waals surface area contributed by atoms with E-state index in [-0.39, 0.29) is 41.2 Å². The van der Waals surface area contributed by atoms with Crippen molar-refractivity contribution in [3.05, 3.63) is 35.7 Å². The minimum Gasteiger partial charge on any atom is -0.504 e. The molecule has 208 valence electrons. The Balaban J connectivity index is 1.97. The lowest BCUT2D eigenvalue weighted by Crippen LogP contribution is -2.49. The van der Waals surface area contributed by atoms with E-state index < -0.39 is 30.0 Å². The van der Waals surface area contributed by atoms with Crippen molar-refractivity contribution in [2.75, 3.05) is 26.8 Å². The summed E-state index contributed by atoms with van der Waals surface area (Å²) in [7, 11) is 1.66. The summed E-state index contributed by atoms with van der Waals surface area (Å²) in [6.45, 7) is 11.1. The molecule has 1 heterocycles. The molecule has 1 amide bonds. The molecule has 2 rings (SSSR count). The Labute approximate surface area is 218 Å². The van der Waals surface area contributed by atoms with Crippen molar-refractivity contribution in [3.8, 4) is 11.5 Å². The van der Waals surface area contributed by atoms with Crippen molar-refractivity contribution in [1.29, 1.82) is 0 Å². The van der Waals surface area contributed by atoms with Crippen LogP contribution in [0.4, 0.5) is 0 Å². The smallest absolute Gasteiger partial charge is 0.333 e. The number of rotatable bonds is 12. The van der Waals surface area contributed by atoms with Crippen LogP contribution in [0.2, 0.25) is 0 Å². The third kappa shape index (κ3) is 9.10. The maximum Gasteiger partial charge on any atom is 0.333 e. The Morgan fingerprint density at radius 1 is 1.24 bits per heavy atom. The summed E-state index contributed by atoms with van der Waals surface area (Å²) in [5, 5.41) is 32.7. The molecule has 1 fully saturated rings. The first-order valence-electron chi connectivity index (χ1n) is 12.2. The van der Waals surface area contributed by atoms with Gasteiger partial charge in [0.1, 0.15) is 0 Å². The zero-order valence-corrected chi connectivity index (χ0v) is 22.5. The molecule has 11 heteroatoms. The summed E-state index contributed by atoms with van der Waals surface area (Å²) < 4.78 is 16.9. The largest absolute Gasteiger partial charge is 0.504 e. The average Bonchev–Trinajstić information content (AvgIpc) is 2.78. The fourth-order valence-corrected chi connectivity index (χ4v) is 3.67. The molecule has 0 aromatic heterocycles. The van der Waals surface area contributed by atoms with E-state index in [9.17, 15) is 19.8 Å². The number of carboxylic acids is 1. The summed E-state index contributed by atoms with van der Waals surface area (Å²) in [6.07, 6.45) is -1.40. The van der Waals surface area contributed by atoms with E-state index in [2.05, 4.69) is 19.2 Å². The van der Waals surface area contributed by atoms with Gasteiger partial charge in [-0.05, 0) is 39.0 Å². The van der Waals surface area contributed by atoms with Crippen molar-refractivity contribution in [2.45, 2.75) is 71.5 Å². The summed E-state index contributed by atoms with van der Waals surface area (Å²) in [6, 6.07) is 4.19. The normalized spacial score (nSPS) is 20.8. The minimum absolute atomic E-state index is 0.0144. The van der Waals surface area contributed by atoms with Crippen LogP contribution in [-0.2, 0) is 14.3 Å². The van der Waals surface area contributed by atoms with Crippen LogP contribution in [-0.4, -0.2) is 82.9 Å². The molecular formula is C26H41N3O8. The minimum atomic E-state index is -1.20.